The molecule has 4 heteroatoms. The summed E-state index contributed by atoms with van der Waals surface area (Å²) in [5.74, 6) is 0. The molecule has 0 radical (unpaired) electrons. The van der Waals surface area contributed by atoms with E-state index in [1.807, 2.05) is 12.1 Å². The van der Waals surface area contributed by atoms with E-state index in [9.17, 15) is 0 Å². The molecule has 1 aromatic carbocycles. The van der Waals surface area contributed by atoms with Crippen LogP contribution in [0, 0.1) is 0 Å². The molecule has 0 bridgehead atoms. The largest absolute Gasteiger partial charge is 0.309 e. The van der Waals surface area contributed by atoms with Crippen LogP contribution in [0.3, 0.4) is 0 Å². The third-order valence-corrected chi connectivity index (χ3v) is 5.22. The molecule has 0 aliphatic carbocycles. The summed E-state index contributed by atoms with van der Waals surface area (Å²) in [5, 5.41) is 5.62. The van der Waals surface area contributed by atoms with Crippen LogP contribution in [0.1, 0.15) is 31.9 Å². The molecule has 0 saturated heterocycles. The summed E-state index contributed by atoms with van der Waals surface area (Å²) in [4.78, 5) is 4.41. The standard InChI is InChI=1S/C17H21ClN2S/c1-3-15(21-17-14(18)11-8-12-20-17)16(19-4-2)13-9-6-5-7-10-13/h5-12,15-16,19H,3-4H2,1-2H3. The highest BCUT2D eigenvalue weighted by molar-refractivity contribution is 8.00. The summed E-state index contributed by atoms with van der Waals surface area (Å²) in [6.45, 7) is 5.29. The fraction of sp³-hybridized carbons (Fsp3) is 0.353. The smallest absolute Gasteiger partial charge is 0.115 e. The summed E-state index contributed by atoms with van der Waals surface area (Å²) < 4.78 is 0. The average Bonchev–Trinajstić information content (AvgIpc) is 2.53. The van der Waals surface area contributed by atoms with Crippen molar-refractivity contribution in [2.24, 2.45) is 0 Å². The van der Waals surface area contributed by atoms with Crippen LogP contribution in [-0.4, -0.2) is 16.8 Å². The minimum Gasteiger partial charge on any atom is -0.309 e. The van der Waals surface area contributed by atoms with E-state index in [0.29, 0.717) is 11.3 Å². The van der Waals surface area contributed by atoms with Crippen molar-refractivity contribution in [3.8, 4) is 0 Å². The van der Waals surface area contributed by atoms with E-state index in [0.717, 1.165) is 23.0 Å². The highest BCUT2D eigenvalue weighted by atomic mass is 35.5. The van der Waals surface area contributed by atoms with Gasteiger partial charge in [0, 0.05) is 17.5 Å². The number of thioether (sulfide) groups is 1. The van der Waals surface area contributed by atoms with Crippen LogP contribution in [0.5, 0.6) is 0 Å². The van der Waals surface area contributed by atoms with E-state index in [-0.39, 0.29) is 0 Å². The fourth-order valence-corrected chi connectivity index (χ4v) is 3.73. The zero-order valence-electron chi connectivity index (χ0n) is 12.4. The first-order valence-corrected chi connectivity index (χ1v) is 8.57. The van der Waals surface area contributed by atoms with Gasteiger partial charge in [0.2, 0.25) is 0 Å². The maximum atomic E-state index is 6.25. The molecule has 2 unspecified atom stereocenters. The van der Waals surface area contributed by atoms with E-state index in [2.05, 4.69) is 54.5 Å². The molecular formula is C17H21ClN2S. The SMILES string of the molecule is CCNC(c1ccccc1)C(CC)Sc1ncccc1Cl. The molecule has 1 heterocycles. The van der Waals surface area contributed by atoms with Gasteiger partial charge in [-0.25, -0.2) is 4.98 Å². The third kappa shape index (κ3) is 4.47. The Kier molecular flexibility index (Phi) is 6.55. The number of aromatic nitrogens is 1. The Hall–Kier alpha value is -1.03. The first-order chi connectivity index (χ1) is 10.3. The Labute approximate surface area is 136 Å². The maximum Gasteiger partial charge on any atom is 0.115 e. The van der Waals surface area contributed by atoms with E-state index >= 15 is 0 Å². The van der Waals surface area contributed by atoms with Gasteiger partial charge in [-0.15, -0.1) is 0 Å². The lowest BCUT2D eigenvalue weighted by molar-refractivity contribution is 0.521. The monoisotopic (exact) mass is 320 g/mol. The lowest BCUT2D eigenvalue weighted by atomic mass is 10.0. The minimum atomic E-state index is 0.296. The lowest BCUT2D eigenvalue weighted by Crippen LogP contribution is -2.29. The number of pyridine rings is 1. The third-order valence-electron chi connectivity index (χ3n) is 3.34. The van der Waals surface area contributed by atoms with Gasteiger partial charge in [-0.05, 0) is 30.7 Å². The molecule has 0 fully saturated rings. The predicted molar refractivity (Wildman–Crippen MR) is 92.0 cm³/mol. The normalized spacial score (nSPS) is 13.9. The summed E-state index contributed by atoms with van der Waals surface area (Å²) in [5.41, 5.74) is 1.31. The molecule has 1 aromatic heterocycles. The number of rotatable bonds is 7. The van der Waals surface area contributed by atoms with Gasteiger partial charge < -0.3 is 5.32 Å². The molecule has 2 nitrogen and oxygen atoms in total. The molecule has 0 aliphatic heterocycles. The van der Waals surface area contributed by atoms with Gasteiger partial charge in [-0.3, -0.25) is 0 Å². The van der Waals surface area contributed by atoms with E-state index < -0.39 is 0 Å². The number of hydrogen-bond donors (Lipinski definition) is 1. The van der Waals surface area contributed by atoms with Crippen LogP contribution < -0.4 is 5.32 Å². The molecule has 0 amide bonds. The van der Waals surface area contributed by atoms with Gasteiger partial charge in [0.25, 0.3) is 0 Å². The van der Waals surface area contributed by atoms with Crippen molar-refractivity contribution in [2.75, 3.05) is 6.54 Å². The van der Waals surface area contributed by atoms with Crippen LogP contribution in [0.15, 0.2) is 53.7 Å². The number of benzene rings is 1. The molecule has 112 valence electrons. The van der Waals surface area contributed by atoms with Gasteiger partial charge in [0.05, 0.1) is 5.02 Å². The summed E-state index contributed by atoms with van der Waals surface area (Å²) in [6, 6.07) is 14.6. The Morgan fingerprint density at radius 1 is 1.14 bits per heavy atom. The fourth-order valence-electron chi connectivity index (χ4n) is 2.33. The number of nitrogens with zero attached hydrogens (tertiary/aromatic N) is 1. The molecular weight excluding hydrogens is 300 g/mol. The number of hydrogen-bond acceptors (Lipinski definition) is 3. The maximum absolute atomic E-state index is 6.25. The molecule has 0 saturated carbocycles. The van der Waals surface area contributed by atoms with Gasteiger partial charge in [-0.2, -0.15) is 0 Å². The van der Waals surface area contributed by atoms with Crippen LogP contribution in [0.25, 0.3) is 0 Å². The molecule has 2 aromatic rings. The Morgan fingerprint density at radius 3 is 2.52 bits per heavy atom. The summed E-state index contributed by atoms with van der Waals surface area (Å²) in [6.07, 6.45) is 2.84. The Balaban J connectivity index is 2.22. The second kappa shape index (κ2) is 8.42. The van der Waals surface area contributed by atoms with Crippen LogP contribution in [-0.2, 0) is 0 Å². The van der Waals surface area contributed by atoms with Crippen molar-refractivity contribution in [2.45, 2.75) is 36.6 Å². The Morgan fingerprint density at radius 2 is 1.90 bits per heavy atom. The van der Waals surface area contributed by atoms with E-state index in [1.165, 1.54) is 5.56 Å². The summed E-state index contributed by atoms with van der Waals surface area (Å²) >= 11 is 8.00. The van der Waals surface area contributed by atoms with E-state index in [1.54, 1.807) is 18.0 Å². The van der Waals surface area contributed by atoms with Crippen molar-refractivity contribution in [1.29, 1.82) is 0 Å². The van der Waals surface area contributed by atoms with Gasteiger partial charge >= 0.3 is 0 Å². The summed E-state index contributed by atoms with van der Waals surface area (Å²) in [7, 11) is 0. The predicted octanol–water partition coefficient (Wildman–Crippen LogP) is 4.96. The van der Waals surface area contributed by atoms with Crippen molar-refractivity contribution in [3.05, 3.63) is 59.2 Å². The van der Waals surface area contributed by atoms with Crippen LogP contribution >= 0.6 is 23.4 Å². The second-order valence-corrected chi connectivity index (χ2v) is 6.44. The molecule has 2 atom stereocenters. The Bertz CT molecular complexity index is 547. The van der Waals surface area contributed by atoms with Gasteiger partial charge in [0.15, 0.2) is 0 Å². The van der Waals surface area contributed by atoms with Crippen molar-refractivity contribution in [1.82, 2.24) is 10.3 Å². The zero-order chi connectivity index (χ0) is 15.1. The molecule has 0 aliphatic rings. The van der Waals surface area contributed by atoms with Crippen molar-refractivity contribution < 1.29 is 0 Å². The number of nitrogens with one attached hydrogen (secondary N) is 1. The number of halogens is 1. The van der Waals surface area contributed by atoms with Crippen LogP contribution in [0.4, 0.5) is 0 Å². The molecule has 0 spiro atoms. The topological polar surface area (TPSA) is 24.9 Å². The molecule has 1 N–H and O–H groups in total. The highest BCUT2D eigenvalue weighted by Gasteiger charge is 2.23. The minimum absolute atomic E-state index is 0.296. The molecule has 2 rings (SSSR count). The van der Waals surface area contributed by atoms with E-state index in [4.69, 9.17) is 11.6 Å². The quantitative estimate of drug-likeness (QED) is 0.730. The molecule has 21 heavy (non-hydrogen) atoms. The van der Waals surface area contributed by atoms with Crippen molar-refractivity contribution >= 4 is 23.4 Å². The van der Waals surface area contributed by atoms with Gasteiger partial charge in [0.1, 0.15) is 5.03 Å². The van der Waals surface area contributed by atoms with Crippen molar-refractivity contribution in [3.63, 3.8) is 0 Å². The van der Waals surface area contributed by atoms with Gasteiger partial charge in [-0.1, -0.05) is 67.5 Å². The lowest BCUT2D eigenvalue weighted by Gasteiger charge is -2.27. The van der Waals surface area contributed by atoms with Crippen LogP contribution in [0.2, 0.25) is 5.02 Å². The average molecular weight is 321 g/mol. The second-order valence-electron chi connectivity index (χ2n) is 4.80. The first-order valence-electron chi connectivity index (χ1n) is 7.31. The zero-order valence-corrected chi connectivity index (χ0v) is 14.0. The highest BCUT2D eigenvalue weighted by Crippen LogP contribution is 2.36. The first kappa shape index (κ1) is 16.3.